The molecule has 62 heavy (non-hydrogen) atoms. The number of nitrogens with one attached hydrogen (secondary N) is 1. The van der Waals surface area contributed by atoms with Crippen LogP contribution >= 0.6 is 0 Å². The van der Waals surface area contributed by atoms with Crippen molar-refractivity contribution in [1.82, 2.24) is 29.5 Å². The number of para-hydroxylation sites is 2. The van der Waals surface area contributed by atoms with Crippen LogP contribution in [-0.2, 0) is 0 Å². The van der Waals surface area contributed by atoms with Gasteiger partial charge in [0.25, 0.3) is 0 Å². The summed E-state index contributed by atoms with van der Waals surface area (Å²) in [6.07, 6.45) is 3.85. The predicted molar refractivity (Wildman–Crippen MR) is 237 cm³/mol. The summed E-state index contributed by atoms with van der Waals surface area (Å²) in [5.74, 6) is 2.51. The van der Waals surface area contributed by atoms with Crippen molar-refractivity contribution in [2.24, 2.45) is 0 Å². The highest BCUT2D eigenvalue weighted by Gasteiger charge is 2.23. The van der Waals surface area contributed by atoms with Crippen molar-refractivity contribution in [1.29, 1.82) is 0 Å². The molecule has 0 aliphatic carbocycles. The van der Waals surface area contributed by atoms with E-state index < -0.39 is 11.5 Å². The normalized spacial score (nSPS) is 10.9. The van der Waals surface area contributed by atoms with Gasteiger partial charge in [-0.15, -0.1) is 10.2 Å². The highest BCUT2D eigenvalue weighted by molar-refractivity contribution is 5.85. The average Bonchev–Trinajstić information content (AvgIpc) is 3.89. The molecule has 6 aromatic carbocycles. The Balaban J connectivity index is 0.000000186. The van der Waals surface area contributed by atoms with Gasteiger partial charge in [-0.05, 0) is 60.0 Å². The molecule has 0 saturated carbocycles. The maximum atomic E-state index is 14.6. The van der Waals surface area contributed by atoms with E-state index in [4.69, 9.17) is 18.9 Å². The fourth-order valence-electron chi connectivity index (χ4n) is 6.88. The van der Waals surface area contributed by atoms with Crippen molar-refractivity contribution in [2.45, 2.75) is 6.92 Å². The molecule has 2 aromatic heterocycles. The number of hydrogen-bond acceptors (Lipinski definition) is 8. The summed E-state index contributed by atoms with van der Waals surface area (Å²) in [7, 11) is 6.25. The fourth-order valence-corrected chi connectivity index (χ4v) is 6.88. The second-order valence-electron chi connectivity index (χ2n) is 13.6. The van der Waals surface area contributed by atoms with E-state index in [9.17, 15) is 13.6 Å². The van der Waals surface area contributed by atoms with Crippen molar-refractivity contribution in [2.75, 3.05) is 28.4 Å². The first kappa shape index (κ1) is 42.1. The fraction of sp³-hybridized carbons (Fsp3) is 0.102. The third kappa shape index (κ3) is 8.63. The minimum atomic E-state index is -0.556. The molecule has 312 valence electrons. The lowest BCUT2D eigenvalue weighted by atomic mass is 9.96. The van der Waals surface area contributed by atoms with E-state index in [0.29, 0.717) is 51.5 Å². The molecule has 0 unspecified atom stereocenters. The second kappa shape index (κ2) is 18.9. The van der Waals surface area contributed by atoms with Crippen LogP contribution in [0.4, 0.5) is 8.78 Å². The van der Waals surface area contributed by atoms with Gasteiger partial charge in [0.2, 0.25) is 0 Å². The van der Waals surface area contributed by atoms with Crippen molar-refractivity contribution in [3.8, 4) is 57.1 Å². The van der Waals surface area contributed by atoms with E-state index in [1.807, 2.05) is 78.9 Å². The predicted octanol–water partition coefficient (Wildman–Crippen LogP) is 10.0. The van der Waals surface area contributed by atoms with Gasteiger partial charge in [0, 0.05) is 23.3 Å². The summed E-state index contributed by atoms with van der Waals surface area (Å²) >= 11 is 0. The molecule has 8 rings (SSSR count). The molecule has 1 N–H and O–H groups in total. The highest BCUT2D eigenvalue weighted by Crippen LogP contribution is 2.41. The van der Waals surface area contributed by atoms with Crippen molar-refractivity contribution < 1.29 is 27.7 Å². The van der Waals surface area contributed by atoms with Gasteiger partial charge in [0.05, 0.1) is 50.9 Å². The Bertz CT molecular complexity index is 2940. The van der Waals surface area contributed by atoms with Crippen molar-refractivity contribution >= 4 is 17.7 Å². The molecular formula is C49H42F2N6O5. The number of ether oxygens (including phenoxy) is 4. The van der Waals surface area contributed by atoms with Crippen LogP contribution in [0.1, 0.15) is 28.1 Å². The van der Waals surface area contributed by atoms with E-state index >= 15 is 0 Å². The third-order valence-corrected chi connectivity index (χ3v) is 9.94. The van der Waals surface area contributed by atoms with Crippen LogP contribution < -0.4 is 24.6 Å². The largest absolute Gasteiger partial charge is 0.496 e. The molecule has 0 aliphatic rings. The zero-order valence-electron chi connectivity index (χ0n) is 34.6. The number of hydrogen-bond donors (Lipinski definition) is 1. The summed E-state index contributed by atoms with van der Waals surface area (Å²) in [5, 5.41) is 15.1. The van der Waals surface area contributed by atoms with Crippen LogP contribution in [0.5, 0.6) is 23.0 Å². The molecule has 0 atom stereocenters. The number of aromatic nitrogens is 6. The van der Waals surface area contributed by atoms with Gasteiger partial charge in [-0.2, -0.15) is 5.10 Å². The van der Waals surface area contributed by atoms with Crippen LogP contribution in [0, 0.1) is 18.6 Å². The molecular weight excluding hydrogens is 791 g/mol. The van der Waals surface area contributed by atoms with Crippen LogP contribution in [0.25, 0.3) is 51.9 Å². The Morgan fingerprint density at radius 3 is 1.74 bits per heavy atom. The quantitative estimate of drug-likeness (QED) is 0.121. The first-order valence-electron chi connectivity index (χ1n) is 19.3. The second-order valence-corrected chi connectivity index (χ2v) is 13.6. The number of aryl methyl sites for hydroxylation is 1. The Kier molecular flexibility index (Phi) is 12.8. The van der Waals surface area contributed by atoms with E-state index in [-0.39, 0.29) is 17.3 Å². The van der Waals surface area contributed by atoms with Crippen LogP contribution in [-0.4, -0.2) is 58.0 Å². The number of aromatic amines is 1. The molecule has 0 saturated heterocycles. The average molecular weight is 833 g/mol. The zero-order valence-corrected chi connectivity index (χ0v) is 34.6. The van der Waals surface area contributed by atoms with Crippen LogP contribution in [0.3, 0.4) is 0 Å². The number of methoxy groups -OCH3 is 4. The number of nitrogens with zero attached hydrogens (tertiary/aromatic N) is 5. The summed E-state index contributed by atoms with van der Waals surface area (Å²) in [5.41, 5.74) is 5.36. The number of halogens is 2. The summed E-state index contributed by atoms with van der Waals surface area (Å²) in [4.78, 5) is 12.5. The topological polar surface area (TPSA) is 118 Å². The minimum Gasteiger partial charge on any atom is -0.496 e. The molecule has 11 nitrogen and oxygen atoms in total. The van der Waals surface area contributed by atoms with E-state index in [0.717, 1.165) is 27.8 Å². The van der Waals surface area contributed by atoms with Gasteiger partial charge in [0.1, 0.15) is 40.5 Å². The Labute approximate surface area is 356 Å². The molecule has 8 aromatic rings. The molecule has 0 amide bonds. The third-order valence-electron chi connectivity index (χ3n) is 9.94. The molecule has 0 fully saturated rings. The summed E-state index contributed by atoms with van der Waals surface area (Å²) < 4.78 is 54.2. The first-order valence-corrected chi connectivity index (χ1v) is 19.3. The highest BCUT2D eigenvalue weighted by atomic mass is 19.1. The maximum Gasteiger partial charge on any atom is 0.348 e. The van der Waals surface area contributed by atoms with Gasteiger partial charge in [-0.3, -0.25) is 4.57 Å². The van der Waals surface area contributed by atoms with Gasteiger partial charge in [-0.1, -0.05) is 104 Å². The Hall–Kier alpha value is -8.06. The van der Waals surface area contributed by atoms with E-state index in [2.05, 4.69) is 27.0 Å². The van der Waals surface area contributed by atoms with Crippen molar-refractivity contribution in [3.63, 3.8) is 0 Å². The summed E-state index contributed by atoms with van der Waals surface area (Å²) in [6.45, 7) is 6.05. The van der Waals surface area contributed by atoms with Gasteiger partial charge in [-0.25, -0.2) is 23.2 Å². The first-order chi connectivity index (χ1) is 30.2. The molecule has 0 bridgehead atoms. The zero-order chi connectivity index (χ0) is 43.8. The lowest BCUT2D eigenvalue weighted by Gasteiger charge is -2.17. The van der Waals surface area contributed by atoms with E-state index in [1.54, 1.807) is 81.4 Å². The molecule has 0 spiro atoms. The Morgan fingerprint density at radius 1 is 0.613 bits per heavy atom. The number of benzene rings is 6. The summed E-state index contributed by atoms with van der Waals surface area (Å²) in [6, 6.07) is 39.4. The minimum absolute atomic E-state index is 0.0931. The maximum absolute atomic E-state index is 14.6. The SMILES string of the molecule is C=C(c1ccccc1)c1cc(-c2nnc(C)n2-c2ccccc2F)c(OC)cc1OC.COc1cc(OC)c(-c2n[nH]c(=O)n2-c2ccccc2F)cc1/C=C/c1ccccc1. The number of rotatable bonds is 12. The molecule has 2 heterocycles. The van der Waals surface area contributed by atoms with E-state index in [1.165, 1.54) is 29.9 Å². The molecule has 0 aliphatic heterocycles. The standard InChI is InChI=1S/C25H22FN3O2.C24H20FN3O3/c1-16(18-10-6-5-7-11-18)19-14-20(24(31-4)15-23(19)30-3)25-28-27-17(2)29(25)22-13-9-8-12-21(22)26;1-30-21-15-22(31-2)18(14-17(21)13-12-16-8-4-3-5-9-16)23-26-27-24(29)28(23)20-11-7-6-10-19(20)25/h5-15H,1H2,2-4H3;3-15H,1-2H3,(H,27,29)/b;13-12+. The molecule has 0 radical (unpaired) electrons. The lowest BCUT2D eigenvalue weighted by molar-refractivity contribution is 0.394. The van der Waals surface area contributed by atoms with Crippen molar-refractivity contribution in [3.05, 3.63) is 190 Å². The number of H-pyrrole nitrogens is 1. The smallest absolute Gasteiger partial charge is 0.348 e. The Morgan fingerprint density at radius 2 is 1.15 bits per heavy atom. The van der Waals surface area contributed by atoms with Gasteiger partial charge >= 0.3 is 5.69 Å². The van der Waals surface area contributed by atoms with Crippen LogP contribution in [0.2, 0.25) is 0 Å². The van der Waals surface area contributed by atoms with Crippen LogP contribution in [0.15, 0.2) is 145 Å². The lowest BCUT2D eigenvalue weighted by Crippen LogP contribution is -2.17. The monoisotopic (exact) mass is 832 g/mol. The molecule has 13 heteroatoms. The van der Waals surface area contributed by atoms with Gasteiger partial charge < -0.3 is 18.9 Å². The van der Waals surface area contributed by atoms with Gasteiger partial charge in [0.15, 0.2) is 11.6 Å².